The van der Waals surface area contributed by atoms with Crippen molar-refractivity contribution in [3.63, 3.8) is 0 Å². The SMILES string of the molecule is CN=C(NCc1ccnc(N2CCN(C)CC2)c1)NCc1ccccc1OC. The van der Waals surface area contributed by atoms with E-state index in [4.69, 9.17) is 4.74 Å². The molecular weight excluding hydrogens is 352 g/mol. The maximum atomic E-state index is 5.40. The Hall–Kier alpha value is -2.80. The average molecular weight is 383 g/mol. The molecule has 3 rings (SSSR count). The van der Waals surface area contributed by atoms with Crippen molar-refractivity contribution in [3.05, 3.63) is 53.7 Å². The number of aromatic nitrogens is 1. The number of benzene rings is 1. The van der Waals surface area contributed by atoms with Gasteiger partial charge in [-0.15, -0.1) is 0 Å². The van der Waals surface area contributed by atoms with E-state index in [0.717, 1.165) is 49.3 Å². The molecule has 2 N–H and O–H groups in total. The number of guanidine groups is 1. The van der Waals surface area contributed by atoms with Gasteiger partial charge in [0.15, 0.2) is 5.96 Å². The lowest BCUT2D eigenvalue weighted by molar-refractivity contribution is 0.312. The minimum atomic E-state index is 0.645. The van der Waals surface area contributed by atoms with Gasteiger partial charge in [-0.05, 0) is 30.8 Å². The first-order valence-electron chi connectivity index (χ1n) is 9.64. The fourth-order valence-corrected chi connectivity index (χ4v) is 3.21. The molecule has 0 saturated carbocycles. The lowest BCUT2D eigenvalue weighted by atomic mass is 10.2. The summed E-state index contributed by atoms with van der Waals surface area (Å²) in [6, 6.07) is 12.2. The van der Waals surface area contributed by atoms with Crippen LogP contribution in [0.15, 0.2) is 47.6 Å². The van der Waals surface area contributed by atoms with Crippen molar-refractivity contribution in [1.82, 2.24) is 20.5 Å². The molecule has 1 aliphatic rings. The summed E-state index contributed by atoms with van der Waals surface area (Å²) < 4.78 is 5.40. The summed E-state index contributed by atoms with van der Waals surface area (Å²) in [7, 11) is 5.63. The third-order valence-electron chi connectivity index (χ3n) is 4.96. The number of nitrogens with zero attached hydrogens (tertiary/aromatic N) is 4. The minimum Gasteiger partial charge on any atom is -0.496 e. The monoisotopic (exact) mass is 382 g/mol. The standard InChI is InChI=1S/C21H30N6O/c1-22-21(25-16-18-6-4-5-7-19(18)28-3)24-15-17-8-9-23-20(14-17)27-12-10-26(2)11-13-27/h4-9,14H,10-13,15-16H2,1-3H3,(H2,22,24,25). The second kappa shape index (κ2) is 9.94. The van der Waals surface area contributed by atoms with Gasteiger partial charge in [-0.1, -0.05) is 18.2 Å². The van der Waals surface area contributed by atoms with E-state index in [9.17, 15) is 0 Å². The van der Waals surface area contributed by atoms with E-state index in [1.807, 2.05) is 36.5 Å². The fraction of sp³-hybridized carbons (Fsp3) is 0.429. The second-order valence-electron chi connectivity index (χ2n) is 6.90. The zero-order valence-corrected chi connectivity index (χ0v) is 17.0. The Kier molecular flexibility index (Phi) is 7.08. The first-order valence-corrected chi connectivity index (χ1v) is 9.64. The van der Waals surface area contributed by atoms with Crippen LogP contribution in [-0.4, -0.2) is 63.2 Å². The van der Waals surface area contributed by atoms with Crippen molar-refractivity contribution in [2.75, 3.05) is 52.3 Å². The van der Waals surface area contributed by atoms with E-state index in [1.165, 1.54) is 5.56 Å². The predicted octanol–water partition coefficient (Wildman–Crippen LogP) is 1.71. The Morgan fingerprint density at radius 1 is 1.11 bits per heavy atom. The molecule has 0 spiro atoms. The van der Waals surface area contributed by atoms with Gasteiger partial charge < -0.3 is 25.2 Å². The highest BCUT2D eigenvalue weighted by Gasteiger charge is 2.15. The summed E-state index contributed by atoms with van der Waals surface area (Å²) in [6.07, 6.45) is 1.88. The average Bonchev–Trinajstić information content (AvgIpc) is 2.75. The molecule has 2 heterocycles. The lowest BCUT2D eigenvalue weighted by Crippen LogP contribution is -2.44. The Balaban J connectivity index is 1.54. The van der Waals surface area contributed by atoms with Crippen LogP contribution in [0.5, 0.6) is 5.75 Å². The molecule has 28 heavy (non-hydrogen) atoms. The highest BCUT2D eigenvalue weighted by Crippen LogP contribution is 2.17. The molecular formula is C21H30N6O. The van der Waals surface area contributed by atoms with Crippen LogP contribution >= 0.6 is 0 Å². The number of hydrogen-bond acceptors (Lipinski definition) is 5. The Bertz CT molecular complexity index is 786. The Morgan fingerprint density at radius 3 is 2.61 bits per heavy atom. The van der Waals surface area contributed by atoms with Gasteiger partial charge in [-0.25, -0.2) is 4.98 Å². The Morgan fingerprint density at radius 2 is 1.86 bits per heavy atom. The summed E-state index contributed by atoms with van der Waals surface area (Å²) in [4.78, 5) is 13.6. The highest BCUT2D eigenvalue weighted by atomic mass is 16.5. The normalized spacial score (nSPS) is 15.4. The van der Waals surface area contributed by atoms with Crippen LogP contribution in [0.4, 0.5) is 5.82 Å². The zero-order valence-electron chi connectivity index (χ0n) is 17.0. The third kappa shape index (κ3) is 5.36. The van der Waals surface area contributed by atoms with E-state index in [0.29, 0.717) is 13.1 Å². The van der Waals surface area contributed by atoms with Crippen LogP contribution in [0.3, 0.4) is 0 Å². The molecule has 1 aliphatic heterocycles. The van der Waals surface area contributed by atoms with Crippen LogP contribution in [0.1, 0.15) is 11.1 Å². The summed E-state index contributed by atoms with van der Waals surface area (Å²) in [6.45, 7) is 5.51. The Labute approximate surface area is 167 Å². The number of rotatable bonds is 6. The number of para-hydroxylation sites is 1. The van der Waals surface area contributed by atoms with Crippen LogP contribution in [0, 0.1) is 0 Å². The molecule has 0 atom stereocenters. The number of nitrogens with one attached hydrogen (secondary N) is 2. The molecule has 1 aromatic carbocycles. The van der Waals surface area contributed by atoms with E-state index in [1.54, 1.807) is 14.2 Å². The number of methoxy groups -OCH3 is 1. The van der Waals surface area contributed by atoms with Crippen LogP contribution in [0.25, 0.3) is 0 Å². The zero-order chi connectivity index (χ0) is 19.8. The van der Waals surface area contributed by atoms with Gasteiger partial charge >= 0.3 is 0 Å². The molecule has 0 bridgehead atoms. The van der Waals surface area contributed by atoms with Crippen LogP contribution < -0.4 is 20.3 Å². The van der Waals surface area contributed by atoms with Gasteiger partial charge in [0.05, 0.1) is 7.11 Å². The predicted molar refractivity (Wildman–Crippen MR) is 114 cm³/mol. The molecule has 7 heteroatoms. The molecule has 0 amide bonds. The van der Waals surface area contributed by atoms with Gasteiger partial charge in [-0.3, -0.25) is 4.99 Å². The van der Waals surface area contributed by atoms with Gasteiger partial charge in [0.1, 0.15) is 11.6 Å². The molecule has 1 fully saturated rings. The maximum absolute atomic E-state index is 5.40. The van der Waals surface area contributed by atoms with Crippen molar-refractivity contribution in [3.8, 4) is 5.75 Å². The smallest absolute Gasteiger partial charge is 0.191 e. The minimum absolute atomic E-state index is 0.645. The summed E-state index contributed by atoms with van der Waals surface area (Å²) in [5.74, 6) is 2.67. The summed E-state index contributed by atoms with van der Waals surface area (Å²) in [5, 5.41) is 6.72. The molecule has 150 valence electrons. The van der Waals surface area contributed by atoms with E-state index in [2.05, 4.69) is 43.5 Å². The number of ether oxygens (including phenoxy) is 1. The molecule has 0 radical (unpaired) electrons. The van der Waals surface area contributed by atoms with Gasteiger partial charge in [0.25, 0.3) is 0 Å². The number of anilines is 1. The number of likely N-dealkylation sites (N-methyl/N-ethyl adjacent to an activating group) is 1. The van der Waals surface area contributed by atoms with Crippen molar-refractivity contribution < 1.29 is 4.74 Å². The third-order valence-corrected chi connectivity index (χ3v) is 4.96. The molecule has 1 aromatic heterocycles. The molecule has 2 aromatic rings. The van der Waals surface area contributed by atoms with E-state index < -0.39 is 0 Å². The molecule has 7 nitrogen and oxygen atoms in total. The van der Waals surface area contributed by atoms with Crippen molar-refractivity contribution in [1.29, 1.82) is 0 Å². The first-order chi connectivity index (χ1) is 13.7. The molecule has 0 aliphatic carbocycles. The van der Waals surface area contributed by atoms with E-state index in [-0.39, 0.29) is 0 Å². The summed E-state index contributed by atoms with van der Waals surface area (Å²) >= 11 is 0. The molecule has 0 unspecified atom stereocenters. The van der Waals surface area contributed by atoms with E-state index >= 15 is 0 Å². The van der Waals surface area contributed by atoms with Crippen molar-refractivity contribution >= 4 is 11.8 Å². The van der Waals surface area contributed by atoms with Gasteiger partial charge in [0, 0.05) is 58.1 Å². The maximum Gasteiger partial charge on any atom is 0.191 e. The van der Waals surface area contributed by atoms with Crippen LogP contribution in [0.2, 0.25) is 0 Å². The lowest BCUT2D eigenvalue weighted by Gasteiger charge is -2.33. The van der Waals surface area contributed by atoms with Gasteiger partial charge in [-0.2, -0.15) is 0 Å². The van der Waals surface area contributed by atoms with Gasteiger partial charge in [0.2, 0.25) is 0 Å². The number of hydrogen-bond donors (Lipinski definition) is 2. The largest absolute Gasteiger partial charge is 0.496 e. The summed E-state index contributed by atoms with van der Waals surface area (Å²) in [5.41, 5.74) is 2.28. The highest BCUT2D eigenvalue weighted by molar-refractivity contribution is 5.79. The number of pyridine rings is 1. The quantitative estimate of drug-likeness (QED) is 0.586. The fourth-order valence-electron chi connectivity index (χ4n) is 3.21. The first kappa shape index (κ1) is 19.9. The second-order valence-corrected chi connectivity index (χ2v) is 6.90. The topological polar surface area (TPSA) is 65.0 Å². The molecule has 1 saturated heterocycles. The van der Waals surface area contributed by atoms with Crippen LogP contribution in [-0.2, 0) is 13.1 Å². The number of aliphatic imine (C=N–C) groups is 1. The number of piperazine rings is 1. The van der Waals surface area contributed by atoms with Crippen molar-refractivity contribution in [2.45, 2.75) is 13.1 Å². The van der Waals surface area contributed by atoms with Crippen molar-refractivity contribution in [2.24, 2.45) is 4.99 Å².